The van der Waals surface area contributed by atoms with Gasteiger partial charge in [-0.2, -0.15) is 0 Å². The van der Waals surface area contributed by atoms with Crippen molar-refractivity contribution < 1.29 is 13.9 Å². The number of halogens is 1. The van der Waals surface area contributed by atoms with E-state index >= 15 is 0 Å². The number of hydrogen-bond acceptors (Lipinski definition) is 3. The molecule has 0 unspecified atom stereocenters. The monoisotopic (exact) mass is 274 g/mol. The van der Waals surface area contributed by atoms with E-state index in [1.807, 2.05) is 0 Å². The smallest absolute Gasteiger partial charge is 0.256 e. The van der Waals surface area contributed by atoms with E-state index in [4.69, 9.17) is 10.5 Å². The third kappa shape index (κ3) is 2.71. The van der Waals surface area contributed by atoms with Crippen LogP contribution in [-0.4, -0.2) is 13.0 Å². The number of amides is 1. The largest absolute Gasteiger partial charge is 0.494 e. The zero-order valence-corrected chi connectivity index (χ0v) is 11.2. The molecule has 104 valence electrons. The van der Waals surface area contributed by atoms with Crippen molar-refractivity contribution in [3.63, 3.8) is 0 Å². The van der Waals surface area contributed by atoms with Crippen LogP contribution in [0.15, 0.2) is 36.4 Å². The molecule has 0 radical (unpaired) electrons. The summed E-state index contributed by atoms with van der Waals surface area (Å²) in [7, 11) is 1.37. The Morgan fingerprint density at radius 3 is 2.75 bits per heavy atom. The molecule has 0 spiro atoms. The molecular weight excluding hydrogens is 259 g/mol. The van der Waals surface area contributed by atoms with Crippen LogP contribution in [0.2, 0.25) is 0 Å². The predicted molar refractivity (Wildman–Crippen MR) is 76.5 cm³/mol. The molecule has 0 aliphatic heterocycles. The highest BCUT2D eigenvalue weighted by Crippen LogP contribution is 2.23. The van der Waals surface area contributed by atoms with Gasteiger partial charge in [-0.25, -0.2) is 4.39 Å². The summed E-state index contributed by atoms with van der Waals surface area (Å²) in [5.41, 5.74) is 7.96. The van der Waals surface area contributed by atoms with Gasteiger partial charge in [0, 0.05) is 23.0 Å². The van der Waals surface area contributed by atoms with Gasteiger partial charge in [-0.15, -0.1) is 0 Å². The van der Waals surface area contributed by atoms with Gasteiger partial charge in [-0.05, 0) is 36.8 Å². The Labute approximate surface area is 116 Å². The summed E-state index contributed by atoms with van der Waals surface area (Å²) >= 11 is 0. The minimum Gasteiger partial charge on any atom is -0.494 e. The first-order valence-corrected chi connectivity index (χ1v) is 6.03. The second kappa shape index (κ2) is 5.61. The number of anilines is 2. The molecule has 4 nitrogen and oxygen atoms in total. The lowest BCUT2D eigenvalue weighted by Crippen LogP contribution is -2.14. The zero-order valence-electron chi connectivity index (χ0n) is 11.2. The van der Waals surface area contributed by atoms with Gasteiger partial charge < -0.3 is 15.8 Å². The van der Waals surface area contributed by atoms with E-state index in [0.717, 1.165) is 0 Å². The van der Waals surface area contributed by atoms with E-state index in [1.165, 1.54) is 25.3 Å². The fraction of sp³-hybridized carbons (Fsp3) is 0.133. The fourth-order valence-electron chi connectivity index (χ4n) is 1.84. The Morgan fingerprint density at radius 1 is 1.30 bits per heavy atom. The van der Waals surface area contributed by atoms with Crippen LogP contribution in [0.3, 0.4) is 0 Å². The lowest BCUT2D eigenvalue weighted by molar-refractivity contribution is 0.102. The van der Waals surface area contributed by atoms with Gasteiger partial charge in [-0.1, -0.05) is 6.07 Å². The maximum Gasteiger partial charge on any atom is 0.256 e. The van der Waals surface area contributed by atoms with Gasteiger partial charge in [0.05, 0.1) is 7.11 Å². The van der Waals surface area contributed by atoms with Gasteiger partial charge in [0.15, 0.2) is 11.6 Å². The topological polar surface area (TPSA) is 64.3 Å². The molecule has 5 heteroatoms. The Morgan fingerprint density at radius 2 is 2.05 bits per heavy atom. The van der Waals surface area contributed by atoms with Crippen molar-refractivity contribution in [2.45, 2.75) is 6.92 Å². The Balaban J connectivity index is 2.26. The molecule has 0 saturated carbocycles. The molecular formula is C15H15FN2O2. The lowest BCUT2D eigenvalue weighted by Gasteiger charge is -2.10. The molecule has 0 bridgehead atoms. The third-order valence-electron chi connectivity index (χ3n) is 3.03. The molecule has 2 rings (SSSR count). The van der Waals surface area contributed by atoms with Crippen LogP contribution in [0.4, 0.5) is 15.8 Å². The summed E-state index contributed by atoms with van der Waals surface area (Å²) < 4.78 is 18.2. The summed E-state index contributed by atoms with van der Waals surface area (Å²) in [4.78, 5) is 12.2. The molecule has 20 heavy (non-hydrogen) atoms. The van der Waals surface area contributed by atoms with Crippen molar-refractivity contribution in [2.75, 3.05) is 18.2 Å². The normalized spacial score (nSPS) is 10.2. The standard InChI is InChI=1S/C15H15FN2O2/c1-9-11(4-3-5-13(9)17)15(19)18-10-6-7-12(16)14(8-10)20-2/h3-8H,17H2,1-2H3,(H,18,19). The van der Waals surface area contributed by atoms with Crippen LogP contribution in [0.5, 0.6) is 5.75 Å². The molecule has 0 heterocycles. The van der Waals surface area contributed by atoms with Crippen molar-refractivity contribution >= 4 is 17.3 Å². The summed E-state index contributed by atoms with van der Waals surface area (Å²) in [6.45, 7) is 1.77. The number of methoxy groups -OCH3 is 1. The minimum atomic E-state index is -0.481. The maximum absolute atomic E-state index is 13.3. The van der Waals surface area contributed by atoms with Crippen molar-refractivity contribution in [1.29, 1.82) is 0 Å². The Hall–Kier alpha value is -2.56. The van der Waals surface area contributed by atoms with Crippen LogP contribution in [0, 0.1) is 12.7 Å². The number of hydrogen-bond donors (Lipinski definition) is 2. The van der Waals surface area contributed by atoms with E-state index in [0.29, 0.717) is 22.5 Å². The number of nitrogens with two attached hydrogens (primary N) is 1. The maximum atomic E-state index is 13.3. The van der Waals surface area contributed by atoms with Crippen molar-refractivity contribution in [3.8, 4) is 5.75 Å². The van der Waals surface area contributed by atoms with Gasteiger partial charge in [0.25, 0.3) is 5.91 Å². The summed E-state index contributed by atoms with van der Waals surface area (Å²) in [6.07, 6.45) is 0. The first-order chi connectivity index (χ1) is 9.52. The quantitative estimate of drug-likeness (QED) is 0.846. The molecule has 2 aromatic rings. The fourth-order valence-corrected chi connectivity index (χ4v) is 1.84. The average molecular weight is 274 g/mol. The molecule has 2 aromatic carbocycles. The van der Waals surface area contributed by atoms with Crippen molar-refractivity contribution in [1.82, 2.24) is 0 Å². The highest BCUT2D eigenvalue weighted by molar-refractivity contribution is 6.06. The van der Waals surface area contributed by atoms with Crippen LogP contribution in [0.1, 0.15) is 15.9 Å². The van der Waals surface area contributed by atoms with Gasteiger partial charge in [-0.3, -0.25) is 4.79 Å². The molecule has 0 atom stereocenters. The Bertz CT molecular complexity index is 656. The number of ether oxygens (including phenoxy) is 1. The highest BCUT2D eigenvalue weighted by Gasteiger charge is 2.12. The van der Waals surface area contributed by atoms with E-state index in [9.17, 15) is 9.18 Å². The highest BCUT2D eigenvalue weighted by atomic mass is 19.1. The second-order valence-corrected chi connectivity index (χ2v) is 4.32. The number of rotatable bonds is 3. The number of carbonyl (C=O) groups excluding carboxylic acids is 1. The summed E-state index contributed by atoms with van der Waals surface area (Å²) in [5.74, 6) is -0.707. The second-order valence-electron chi connectivity index (χ2n) is 4.32. The number of benzene rings is 2. The van der Waals surface area contributed by atoms with E-state index in [2.05, 4.69) is 5.32 Å². The number of nitrogens with one attached hydrogen (secondary N) is 1. The molecule has 0 aliphatic carbocycles. The number of nitrogen functional groups attached to an aromatic ring is 1. The van der Waals surface area contributed by atoms with E-state index in [-0.39, 0.29) is 11.7 Å². The van der Waals surface area contributed by atoms with Crippen molar-refractivity contribution in [2.24, 2.45) is 0 Å². The molecule has 3 N–H and O–H groups in total. The first kappa shape index (κ1) is 13.9. The van der Waals surface area contributed by atoms with Crippen LogP contribution < -0.4 is 15.8 Å². The van der Waals surface area contributed by atoms with Crippen LogP contribution >= 0.6 is 0 Å². The van der Waals surface area contributed by atoms with Gasteiger partial charge in [0.1, 0.15) is 0 Å². The molecule has 0 fully saturated rings. The summed E-state index contributed by atoms with van der Waals surface area (Å²) in [6, 6.07) is 9.25. The minimum absolute atomic E-state index is 0.0760. The lowest BCUT2D eigenvalue weighted by atomic mass is 10.1. The van der Waals surface area contributed by atoms with Gasteiger partial charge in [0.2, 0.25) is 0 Å². The van der Waals surface area contributed by atoms with Crippen LogP contribution in [-0.2, 0) is 0 Å². The Kier molecular flexibility index (Phi) is 3.89. The predicted octanol–water partition coefficient (Wildman–Crippen LogP) is 2.98. The average Bonchev–Trinajstić information content (AvgIpc) is 2.43. The summed E-state index contributed by atoms with van der Waals surface area (Å²) in [5, 5.41) is 2.69. The number of carbonyl (C=O) groups is 1. The molecule has 0 aromatic heterocycles. The van der Waals surface area contributed by atoms with E-state index in [1.54, 1.807) is 25.1 Å². The SMILES string of the molecule is COc1cc(NC(=O)c2cccc(N)c2C)ccc1F. The molecule has 0 saturated heterocycles. The van der Waals surface area contributed by atoms with Gasteiger partial charge >= 0.3 is 0 Å². The third-order valence-corrected chi connectivity index (χ3v) is 3.03. The van der Waals surface area contributed by atoms with Crippen molar-refractivity contribution in [3.05, 3.63) is 53.3 Å². The molecule has 0 aliphatic rings. The zero-order chi connectivity index (χ0) is 14.7. The van der Waals surface area contributed by atoms with E-state index < -0.39 is 5.82 Å². The first-order valence-electron chi connectivity index (χ1n) is 6.03. The molecule has 1 amide bonds. The van der Waals surface area contributed by atoms with Crippen LogP contribution in [0.25, 0.3) is 0 Å².